The lowest BCUT2D eigenvalue weighted by molar-refractivity contribution is 0.341. The maximum Gasteiger partial charge on any atom is 0.188 e. The monoisotopic (exact) mass is 300 g/mol. The highest BCUT2D eigenvalue weighted by Crippen LogP contribution is 2.33. The summed E-state index contributed by atoms with van der Waals surface area (Å²) in [4.78, 5) is 4.58. The summed E-state index contributed by atoms with van der Waals surface area (Å²) in [5, 5.41) is 4.14. The molecule has 3 rings (SSSR count). The summed E-state index contributed by atoms with van der Waals surface area (Å²) in [6.45, 7) is 2.64. The lowest BCUT2D eigenvalue weighted by Crippen LogP contribution is -1.93. The van der Waals surface area contributed by atoms with Gasteiger partial charge in [-0.3, -0.25) is 0 Å². The van der Waals surface area contributed by atoms with E-state index in [0.717, 1.165) is 32.5 Å². The van der Waals surface area contributed by atoms with E-state index >= 15 is 0 Å². The lowest BCUT2D eigenvalue weighted by Gasteiger charge is -2.07. The number of ether oxygens (including phenoxy) is 2. The number of benzene rings is 2. The Morgan fingerprint density at radius 1 is 1.19 bits per heavy atom. The van der Waals surface area contributed by atoms with Crippen molar-refractivity contribution in [1.29, 1.82) is 0 Å². The number of para-hydroxylation sites is 2. The first-order valence-corrected chi connectivity index (χ1v) is 7.55. The third kappa shape index (κ3) is 2.92. The minimum absolute atomic E-state index is 0.663. The fourth-order valence-corrected chi connectivity index (χ4v) is 2.98. The van der Waals surface area contributed by atoms with Gasteiger partial charge in [-0.15, -0.1) is 0 Å². The third-order valence-electron chi connectivity index (χ3n) is 3.02. The van der Waals surface area contributed by atoms with Gasteiger partial charge in [-0.05, 0) is 37.3 Å². The van der Waals surface area contributed by atoms with E-state index in [1.54, 1.807) is 18.4 Å². The zero-order valence-corrected chi connectivity index (χ0v) is 12.7. The molecule has 0 aliphatic rings. The van der Waals surface area contributed by atoms with Crippen molar-refractivity contribution < 1.29 is 9.47 Å². The number of hydrogen-bond donors (Lipinski definition) is 1. The van der Waals surface area contributed by atoms with Crippen LogP contribution in [0.2, 0.25) is 0 Å². The summed E-state index contributed by atoms with van der Waals surface area (Å²) in [5.41, 5.74) is 1.87. The average Bonchev–Trinajstić information content (AvgIpc) is 2.89. The first-order valence-electron chi connectivity index (χ1n) is 6.73. The second-order valence-electron chi connectivity index (χ2n) is 4.41. The molecule has 0 saturated carbocycles. The molecule has 0 atom stereocenters. The van der Waals surface area contributed by atoms with Crippen molar-refractivity contribution in [3.63, 3.8) is 0 Å². The molecule has 0 spiro atoms. The molecule has 21 heavy (non-hydrogen) atoms. The summed E-state index contributed by atoms with van der Waals surface area (Å²) in [6, 6.07) is 13.7. The Kier molecular flexibility index (Phi) is 3.92. The molecule has 0 saturated heterocycles. The molecule has 2 aromatic carbocycles. The van der Waals surface area contributed by atoms with Gasteiger partial charge < -0.3 is 14.8 Å². The Morgan fingerprint density at radius 3 is 2.86 bits per heavy atom. The fraction of sp³-hybridized carbons (Fsp3) is 0.188. The standard InChI is InChI=1S/C16H16N2O2S/c1-3-20-11-8-9-13-15(10-11)21-16(18-13)17-12-6-4-5-7-14(12)19-2/h4-10H,3H2,1-2H3,(H,17,18). The number of anilines is 2. The van der Waals surface area contributed by atoms with Crippen molar-refractivity contribution in [3.05, 3.63) is 42.5 Å². The van der Waals surface area contributed by atoms with Gasteiger partial charge in [0, 0.05) is 0 Å². The number of aromatic nitrogens is 1. The second kappa shape index (κ2) is 6.01. The highest BCUT2D eigenvalue weighted by atomic mass is 32.1. The van der Waals surface area contributed by atoms with Crippen LogP contribution in [0.3, 0.4) is 0 Å². The van der Waals surface area contributed by atoms with Crippen LogP contribution < -0.4 is 14.8 Å². The first kappa shape index (κ1) is 13.7. The second-order valence-corrected chi connectivity index (χ2v) is 5.44. The van der Waals surface area contributed by atoms with E-state index in [2.05, 4.69) is 10.3 Å². The highest BCUT2D eigenvalue weighted by Gasteiger charge is 2.08. The smallest absolute Gasteiger partial charge is 0.188 e. The summed E-state index contributed by atoms with van der Waals surface area (Å²) >= 11 is 1.59. The van der Waals surface area contributed by atoms with Gasteiger partial charge in [-0.1, -0.05) is 23.5 Å². The maximum absolute atomic E-state index is 5.52. The molecular weight excluding hydrogens is 284 g/mol. The van der Waals surface area contributed by atoms with Crippen molar-refractivity contribution in [2.75, 3.05) is 19.0 Å². The molecule has 0 fully saturated rings. The quantitative estimate of drug-likeness (QED) is 0.756. The topological polar surface area (TPSA) is 43.4 Å². The van der Waals surface area contributed by atoms with Crippen molar-refractivity contribution in [2.24, 2.45) is 0 Å². The van der Waals surface area contributed by atoms with Crippen LogP contribution in [-0.2, 0) is 0 Å². The van der Waals surface area contributed by atoms with Gasteiger partial charge in [0.15, 0.2) is 5.13 Å². The predicted octanol–water partition coefficient (Wildman–Crippen LogP) is 4.45. The molecule has 0 aliphatic carbocycles. The Morgan fingerprint density at radius 2 is 2.05 bits per heavy atom. The zero-order chi connectivity index (χ0) is 14.7. The van der Waals surface area contributed by atoms with Crippen LogP contribution in [0.1, 0.15) is 6.92 Å². The van der Waals surface area contributed by atoms with E-state index in [-0.39, 0.29) is 0 Å². The minimum atomic E-state index is 0.663. The number of rotatable bonds is 5. The van der Waals surface area contributed by atoms with Gasteiger partial charge >= 0.3 is 0 Å². The van der Waals surface area contributed by atoms with E-state index in [4.69, 9.17) is 9.47 Å². The number of hydrogen-bond acceptors (Lipinski definition) is 5. The normalized spacial score (nSPS) is 10.6. The van der Waals surface area contributed by atoms with E-state index in [0.29, 0.717) is 6.61 Å². The van der Waals surface area contributed by atoms with Gasteiger partial charge in [0.05, 0.1) is 29.6 Å². The largest absolute Gasteiger partial charge is 0.495 e. The third-order valence-corrected chi connectivity index (χ3v) is 3.95. The van der Waals surface area contributed by atoms with Crippen molar-refractivity contribution in [3.8, 4) is 11.5 Å². The van der Waals surface area contributed by atoms with Crippen LogP contribution >= 0.6 is 11.3 Å². The summed E-state index contributed by atoms with van der Waals surface area (Å²) in [7, 11) is 1.66. The Bertz CT molecular complexity index is 755. The van der Waals surface area contributed by atoms with E-state index in [1.165, 1.54) is 0 Å². The van der Waals surface area contributed by atoms with Gasteiger partial charge in [0.25, 0.3) is 0 Å². The number of nitrogens with zero attached hydrogens (tertiary/aromatic N) is 1. The number of thiazole rings is 1. The van der Waals surface area contributed by atoms with Gasteiger partial charge in [0.2, 0.25) is 0 Å². The van der Waals surface area contributed by atoms with Crippen LogP contribution in [0.4, 0.5) is 10.8 Å². The summed E-state index contributed by atoms with van der Waals surface area (Å²) in [5.74, 6) is 1.67. The SMILES string of the molecule is CCOc1ccc2nc(Nc3ccccc3OC)sc2c1. The molecule has 108 valence electrons. The summed E-state index contributed by atoms with van der Waals surface area (Å²) in [6.07, 6.45) is 0. The summed E-state index contributed by atoms with van der Waals surface area (Å²) < 4.78 is 11.9. The molecule has 0 amide bonds. The van der Waals surface area contributed by atoms with Crippen LogP contribution in [0, 0.1) is 0 Å². The fourth-order valence-electron chi connectivity index (χ4n) is 2.08. The molecule has 3 aromatic rings. The minimum Gasteiger partial charge on any atom is -0.495 e. The van der Waals surface area contributed by atoms with E-state index in [9.17, 15) is 0 Å². The molecule has 4 nitrogen and oxygen atoms in total. The van der Waals surface area contributed by atoms with Crippen molar-refractivity contribution >= 4 is 32.4 Å². The Labute approximate surface area is 127 Å². The molecule has 0 bridgehead atoms. The zero-order valence-electron chi connectivity index (χ0n) is 11.9. The van der Waals surface area contributed by atoms with E-state index in [1.807, 2.05) is 49.4 Å². The van der Waals surface area contributed by atoms with Gasteiger partial charge in [-0.2, -0.15) is 0 Å². The molecule has 0 aliphatic heterocycles. The van der Waals surface area contributed by atoms with Crippen molar-refractivity contribution in [1.82, 2.24) is 4.98 Å². The van der Waals surface area contributed by atoms with Gasteiger partial charge in [0.1, 0.15) is 11.5 Å². The Hall–Kier alpha value is -2.27. The number of nitrogens with one attached hydrogen (secondary N) is 1. The molecule has 1 aromatic heterocycles. The first-order chi connectivity index (χ1) is 10.3. The molecular formula is C16H16N2O2S. The molecule has 1 heterocycles. The molecule has 1 N–H and O–H groups in total. The van der Waals surface area contributed by atoms with E-state index < -0.39 is 0 Å². The number of fused-ring (bicyclic) bond motifs is 1. The average molecular weight is 300 g/mol. The predicted molar refractivity (Wildman–Crippen MR) is 87.1 cm³/mol. The molecule has 5 heteroatoms. The Balaban J connectivity index is 1.90. The van der Waals surface area contributed by atoms with Crippen molar-refractivity contribution in [2.45, 2.75) is 6.92 Å². The number of methoxy groups -OCH3 is 1. The van der Waals surface area contributed by atoms with Crippen LogP contribution in [0.25, 0.3) is 10.2 Å². The lowest BCUT2D eigenvalue weighted by atomic mass is 10.3. The van der Waals surface area contributed by atoms with Crippen LogP contribution in [-0.4, -0.2) is 18.7 Å². The molecule has 0 unspecified atom stereocenters. The molecule has 0 radical (unpaired) electrons. The van der Waals surface area contributed by atoms with Gasteiger partial charge in [-0.25, -0.2) is 4.98 Å². The maximum atomic E-state index is 5.52. The highest BCUT2D eigenvalue weighted by molar-refractivity contribution is 7.22. The van der Waals surface area contributed by atoms with Crippen LogP contribution in [0.5, 0.6) is 11.5 Å². The van der Waals surface area contributed by atoms with Crippen LogP contribution in [0.15, 0.2) is 42.5 Å².